The molecular weight excluding hydrogens is 254 g/mol. The number of benzene rings is 1. The van der Waals surface area contributed by atoms with Crippen LogP contribution in [0.25, 0.3) is 0 Å². The molecule has 108 valence electrons. The molecule has 0 aliphatic carbocycles. The first-order valence-corrected chi connectivity index (χ1v) is 7.10. The van der Waals surface area contributed by atoms with Gasteiger partial charge < -0.3 is 4.74 Å². The van der Waals surface area contributed by atoms with Crippen LogP contribution in [0.3, 0.4) is 0 Å². The zero-order valence-electron chi connectivity index (χ0n) is 12.2. The average molecular weight is 275 g/mol. The maximum absolute atomic E-state index is 12.2. The van der Waals surface area contributed by atoms with Crippen LogP contribution in [0.2, 0.25) is 0 Å². The van der Waals surface area contributed by atoms with Crippen molar-refractivity contribution in [1.29, 1.82) is 0 Å². The molecule has 4 nitrogen and oxygen atoms in total. The third-order valence-corrected chi connectivity index (χ3v) is 3.82. The van der Waals surface area contributed by atoms with Crippen LogP contribution in [0.4, 0.5) is 4.79 Å². The fraction of sp³-hybridized carbons (Fsp3) is 0.500. The number of hydrogen-bond donors (Lipinski definition) is 0. The van der Waals surface area contributed by atoms with Gasteiger partial charge in [-0.25, -0.2) is 9.69 Å². The maximum atomic E-state index is 12.2. The van der Waals surface area contributed by atoms with Gasteiger partial charge in [-0.2, -0.15) is 0 Å². The average Bonchev–Trinajstić information content (AvgIpc) is 2.78. The zero-order valence-corrected chi connectivity index (χ0v) is 12.2. The standard InChI is InChI=1S/C16H21NO3/c1-4-20-16(19)17-14(18)10-13(11(2)3)15(17)12-8-6-5-7-9-12/h5-9,11,13,15H,4,10H2,1-3H3/t13-,15+/m1/s1. The molecule has 2 atom stereocenters. The number of likely N-dealkylation sites (tertiary alicyclic amines) is 1. The van der Waals surface area contributed by atoms with Crippen LogP contribution in [0, 0.1) is 11.8 Å². The van der Waals surface area contributed by atoms with E-state index in [1.807, 2.05) is 30.3 Å². The van der Waals surface area contributed by atoms with E-state index in [4.69, 9.17) is 4.74 Å². The van der Waals surface area contributed by atoms with Gasteiger partial charge in [-0.3, -0.25) is 4.79 Å². The van der Waals surface area contributed by atoms with E-state index in [9.17, 15) is 9.59 Å². The Morgan fingerprint density at radius 3 is 2.55 bits per heavy atom. The lowest BCUT2D eigenvalue weighted by molar-refractivity contribution is -0.127. The summed E-state index contributed by atoms with van der Waals surface area (Å²) in [5.41, 5.74) is 0.991. The Morgan fingerprint density at radius 1 is 1.35 bits per heavy atom. The van der Waals surface area contributed by atoms with Gasteiger partial charge in [-0.1, -0.05) is 44.2 Å². The monoisotopic (exact) mass is 275 g/mol. The van der Waals surface area contributed by atoms with Gasteiger partial charge in [0.2, 0.25) is 5.91 Å². The molecule has 0 saturated carbocycles. The molecule has 1 heterocycles. The quantitative estimate of drug-likeness (QED) is 0.849. The molecular formula is C16H21NO3. The number of rotatable bonds is 3. The molecule has 0 N–H and O–H groups in total. The van der Waals surface area contributed by atoms with Crippen LogP contribution in [-0.4, -0.2) is 23.5 Å². The van der Waals surface area contributed by atoms with E-state index in [0.717, 1.165) is 5.56 Å². The van der Waals surface area contributed by atoms with Crippen molar-refractivity contribution in [2.75, 3.05) is 6.61 Å². The lowest BCUT2D eigenvalue weighted by Gasteiger charge is -2.28. The highest BCUT2D eigenvalue weighted by Gasteiger charge is 2.45. The minimum Gasteiger partial charge on any atom is -0.449 e. The summed E-state index contributed by atoms with van der Waals surface area (Å²) in [7, 11) is 0. The van der Waals surface area contributed by atoms with Crippen molar-refractivity contribution in [3.05, 3.63) is 35.9 Å². The fourth-order valence-corrected chi connectivity index (χ4v) is 2.81. The Hall–Kier alpha value is -1.84. The van der Waals surface area contributed by atoms with Crippen molar-refractivity contribution < 1.29 is 14.3 Å². The van der Waals surface area contributed by atoms with Crippen LogP contribution in [-0.2, 0) is 9.53 Å². The summed E-state index contributed by atoms with van der Waals surface area (Å²) in [6.07, 6.45) is -0.134. The molecule has 2 rings (SSSR count). The van der Waals surface area contributed by atoms with Gasteiger partial charge >= 0.3 is 6.09 Å². The van der Waals surface area contributed by atoms with Crippen molar-refractivity contribution in [3.8, 4) is 0 Å². The van der Waals surface area contributed by atoms with Crippen LogP contribution in [0.5, 0.6) is 0 Å². The summed E-state index contributed by atoms with van der Waals surface area (Å²) in [4.78, 5) is 25.6. The molecule has 4 heteroatoms. The Kier molecular flexibility index (Phi) is 4.42. The second-order valence-corrected chi connectivity index (χ2v) is 5.43. The Labute approximate surface area is 119 Å². The summed E-state index contributed by atoms with van der Waals surface area (Å²) < 4.78 is 5.04. The zero-order chi connectivity index (χ0) is 14.7. The minimum absolute atomic E-state index is 0.134. The van der Waals surface area contributed by atoms with Crippen molar-refractivity contribution in [2.45, 2.75) is 33.2 Å². The highest BCUT2D eigenvalue weighted by Crippen LogP contribution is 2.42. The number of nitrogens with zero attached hydrogens (tertiary/aromatic N) is 1. The molecule has 1 fully saturated rings. The van der Waals surface area contributed by atoms with E-state index in [2.05, 4.69) is 13.8 Å². The van der Waals surface area contributed by atoms with Crippen molar-refractivity contribution in [3.63, 3.8) is 0 Å². The molecule has 1 saturated heterocycles. The summed E-state index contributed by atoms with van der Waals surface area (Å²) in [6.45, 7) is 6.19. The summed E-state index contributed by atoms with van der Waals surface area (Å²) >= 11 is 0. The van der Waals surface area contributed by atoms with Gasteiger partial charge in [-0.15, -0.1) is 0 Å². The molecule has 20 heavy (non-hydrogen) atoms. The first-order valence-electron chi connectivity index (χ1n) is 7.10. The van der Waals surface area contributed by atoms with Gasteiger partial charge in [-0.05, 0) is 24.3 Å². The normalized spacial score (nSPS) is 22.4. The van der Waals surface area contributed by atoms with Crippen LogP contribution in [0.15, 0.2) is 30.3 Å². The molecule has 1 aliphatic heterocycles. The largest absolute Gasteiger partial charge is 0.449 e. The smallest absolute Gasteiger partial charge is 0.417 e. The first kappa shape index (κ1) is 14.6. The number of hydrogen-bond acceptors (Lipinski definition) is 3. The van der Waals surface area contributed by atoms with Crippen molar-refractivity contribution >= 4 is 12.0 Å². The fourth-order valence-electron chi connectivity index (χ4n) is 2.81. The lowest BCUT2D eigenvalue weighted by atomic mass is 9.85. The van der Waals surface area contributed by atoms with Crippen LogP contribution in [0.1, 0.15) is 38.8 Å². The molecule has 1 aliphatic rings. The summed E-state index contributed by atoms with van der Waals surface area (Å²) in [5.74, 6) is 0.314. The number of carbonyl (C=O) groups excluding carboxylic acids is 2. The van der Waals surface area contributed by atoms with Gasteiger partial charge in [0.1, 0.15) is 0 Å². The highest BCUT2D eigenvalue weighted by molar-refractivity contribution is 5.94. The van der Waals surface area contributed by atoms with Gasteiger partial charge in [0.25, 0.3) is 0 Å². The van der Waals surface area contributed by atoms with Crippen LogP contribution >= 0.6 is 0 Å². The molecule has 1 aromatic rings. The van der Waals surface area contributed by atoms with Crippen molar-refractivity contribution in [1.82, 2.24) is 4.90 Å². The van der Waals surface area contributed by atoms with E-state index in [-0.39, 0.29) is 24.5 Å². The molecule has 2 amide bonds. The second kappa shape index (κ2) is 6.07. The molecule has 0 bridgehead atoms. The van der Waals surface area contributed by atoms with E-state index in [1.54, 1.807) is 6.92 Å². The third-order valence-electron chi connectivity index (χ3n) is 3.82. The number of amides is 2. The van der Waals surface area contributed by atoms with E-state index in [0.29, 0.717) is 12.3 Å². The predicted octanol–water partition coefficient (Wildman–Crippen LogP) is 3.39. The Bertz CT molecular complexity index is 484. The van der Waals surface area contributed by atoms with Crippen LogP contribution < -0.4 is 0 Å². The van der Waals surface area contributed by atoms with Gasteiger partial charge in [0.05, 0.1) is 12.6 Å². The minimum atomic E-state index is -0.533. The molecule has 0 spiro atoms. The van der Waals surface area contributed by atoms with E-state index >= 15 is 0 Å². The van der Waals surface area contributed by atoms with Gasteiger partial charge in [0.15, 0.2) is 0 Å². The van der Waals surface area contributed by atoms with Crippen molar-refractivity contribution in [2.24, 2.45) is 11.8 Å². The first-order chi connectivity index (χ1) is 9.56. The Balaban J connectivity index is 2.38. The molecule has 0 radical (unpaired) electrons. The topological polar surface area (TPSA) is 46.6 Å². The predicted molar refractivity (Wildman–Crippen MR) is 76.0 cm³/mol. The Morgan fingerprint density at radius 2 is 2.00 bits per heavy atom. The molecule has 1 aromatic carbocycles. The summed E-state index contributed by atoms with van der Waals surface area (Å²) in [5, 5.41) is 0. The number of ether oxygens (including phenoxy) is 1. The SMILES string of the molecule is CCOC(=O)N1C(=O)C[C@H](C(C)C)[C@@H]1c1ccccc1. The highest BCUT2D eigenvalue weighted by atomic mass is 16.6. The number of imide groups is 1. The van der Waals surface area contributed by atoms with E-state index < -0.39 is 6.09 Å². The molecule has 0 unspecified atom stereocenters. The molecule has 0 aromatic heterocycles. The number of carbonyl (C=O) groups is 2. The summed E-state index contributed by atoms with van der Waals surface area (Å²) in [6, 6.07) is 9.50. The van der Waals surface area contributed by atoms with E-state index in [1.165, 1.54) is 4.90 Å². The third kappa shape index (κ3) is 2.69. The maximum Gasteiger partial charge on any atom is 0.417 e. The van der Waals surface area contributed by atoms with Gasteiger partial charge in [0, 0.05) is 6.42 Å². The second-order valence-electron chi connectivity index (χ2n) is 5.43. The lowest BCUT2D eigenvalue weighted by Crippen LogP contribution is -2.36.